The largest absolute Gasteiger partial charge is 0.236 e. The van der Waals surface area contributed by atoms with E-state index in [-0.39, 0.29) is 0 Å². The predicted octanol–water partition coefficient (Wildman–Crippen LogP) is 7.81. The molecule has 2 nitrogen and oxygen atoms in total. The summed E-state index contributed by atoms with van der Waals surface area (Å²) in [6, 6.07) is 8.83. The minimum atomic E-state index is 0.830. The molecule has 1 aromatic carbocycles. The highest BCUT2D eigenvalue weighted by Crippen LogP contribution is 2.18. The van der Waals surface area contributed by atoms with Crippen molar-refractivity contribution < 1.29 is 0 Å². The van der Waals surface area contributed by atoms with Crippen molar-refractivity contribution in [3.63, 3.8) is 0 Å². The molecule has 0 unspecified atom stereocenters. The quantitative estimate of drug-likeness (QED) is 0.312. The average molecular weight is 381 g/mol. The lowest BCUT2D eigenvalue weighted by atomic mass is 10.0. The van der Waals surface area contributed by atoms with Crippen LogP contribution >= 0.6 is 0 Å². The van der Waals surface area contributed by atoms with Gasteiger partial charge in [0.25, 0.3) is 0 Å². The highest BCUT2D eigenvalue weighted by atomic mass is 14.9. The van der Waals surface area contributed by atoms with Crippen molar-refractivity contribution in [2.45, 2.75) is 97.8 Å². The van der Waals surface area contributed by atoms with Crippen LogP contribution in [0.4, 0.5) is 0 Å². The minimum absolute atomic E-state index is 0.830. The molecular formula is C26H40N2. The molecule has 0 amide bonds. The number of aromatic nitrogens is 2. The van der Waals surface area contributed by atoms with Gasteiger partial charge in [0, 0.05) is 18.0 Å². The van der Waals surface area contributed by atoms with Gasteiger partial charge in [-0.05, 0) is 42.7 Å². The number of hydrogen-bond donors (Lipinski definition) is 0. The van der Waals surface area contributed by atoms with Crippen LogP contribution in [-0.2, 0) is 12.8 Å². The van der Waals surface area contributed by atoms with Gasteiger partial charge in [0.1, 0.15) is 0 Å². The van der Waals surface area contributed by atoms with Crippen LogP contribution in [0.5, 0.6) is 0 Å². The van der Waals surface area contributed by atoms with E-state index >= 15 is 0 Å². The summed E-state index contributed by atoms with van der Waals surface area (Å²) in [6.45, 7) is 6.88. The van der Waals surface area contributed by atoms with E-state index < -0.39 is 0 Å². The first-order chi connectivity index (χ1) is 13.7. The second kappa shape index (κ2) is 13.5. The number of nitrogens with zero attached hydrogens (tertiary/aromatic N) is 2. The lowest BCUT2D eigenvalue weighted by Crippen LogP contribution is -1.94. The van der Waals surface area contributed by atoms with Crippen LogP contribution < -0.4 is 0 Å². The molecule has 0 spiro atoms. The molecule has 0 fully saturated rings. The Bertz CT molecular complexity index is 628. The summed E-state index contributed by atoms with van der Waals surface area (Å²) < 4.78 is 0. The van der Waals surface area contributed by atoms with Crippen LogP contribution in [0.3, 0.4) is 0 Å². The zero-order valence-corrected chi connectivity index (χ0v) is 18.4. The highest BCUT2D eigenvalue weighted by molar-refractivity contribution is 5.55. The number of benzene rings is 1. The molecule has 0 aliphatic heterocycles. The van der Waals surface area contributed by atoms with E-state index in [9.17, 15) is 0 Å². The van der Waals surface area contributed by atoms with Crippen LogP contribution in [0.1, 0.15) is 96.1 Å². The van der Waals surface area contributed by atoms with Crippen molar-refractivity contribution in [3.05, 3.63) is 47.8 Å². The van der Waals surface area contributed by atoms with E-state index in [2.05, 4.69) is 55.0 Å². The molecular weight excluding hydrogens is 340 g/mol. The van der Waals surface area contributed by atoms with Crippen LogP contribution in [0.25, 0.3) is 11.4 Å². The third-order valence-corrected chi connectivity index (χ3v) is 5.48. The van der Waals surface area contributed by atoms with Crippen molar-refractivity contribution in [2.75, 3.05) is 0 Å². The molecule has 0 aliphatic rings. The van der Waals surface area contributed by atoms with Crippen LogP contribution in [0, 0.1) is 5.92 Å². The van der Waals surface area contributed by atoms with E-state index in [0.717, 1.165) is 23.7 Å². The smallest absolute Gasteiger partial charge is 0.159 e. The maximum atomic E-state index is 4.60. The Hall–Kier alpha value is -1.70. The fourth-order valence-corrected chi connectivity index (χ4v) is 3.62. The average Bonchev–Trinajstić information content (AvgIpc) is 2.71. The zero-order chi connectivity index (χ0) is 20.0. The third-order valence-electron chi connectivity index (χ3n) is 5.48. The summed E-state index contributed by atoms with van der Waals surface area (Å²) in [4.78, 5) is 9.20. The number of rotatable bonds is 14. The molecule has 2 rings (SSSR count). The molecule has 1 aromatic heterocycles. The first kappa shape index (κ1) is 22.6. The molecule has 0 atom stereocenters. The van der Waals surface area contributed by atoms with Gasteiger partial charge in [-0.3, -0.25) is 0 Å². The molecule has 2 aromatic rings. The summed E-state index contributed by atoms with van der Waals surface area (Å²) >= 11 is 0. The first-order valence-corrected chi connectivity index (χ1v) is 11.6. The molecule has 0 saturated heterocycles. The topological polar surface area (TPSA) is 25.8 Å². The molecule has 154 valence electrons. The van der Waals surface area contributed by atoms with Crippen molar-refractivity contribution >= 4 is 0 Å². The van der Waals surface area contributed by atoms with E-state index in [1.807, 2.05) is 12.4 Å². The van der Waals surface area contributed by atoms with E-state index in [1.165, 1.54) is 81.8 Å². The van der Waals surface area contributed by atoms with Gasteiger partial charge in [-0.15, -0.1) is 0 Å². The Morgan fingerprint density at radius 1 is 0.679 bits per heavy atom. The first-order valence-electron chi connectivity index (χ1n) is 11.6. The Morgan fingerprint density at radius 2 is 1.25 bits per heavy atom. The highest BCUT2D eigenvalue weighted by Gasteiger charge is 2.03. The standard InChI is InChI=1S/C26H40N2/c1-4-5-6-7-8-11-15-24-20-27-26(28-21-24)25-18-16-23(17-19-25)14-12-9-10-13-22(2)3/h16-22H,4-15H2,1-3H3. The molecule has 0 bridgehead atoms. The summed E-state index contributed by atoms with van der Waals surface area (Å²) in [6.07, 6.45) is 19.6. The van der Waals surface area contributed by atoms with Crippen molar-refractivity contribution in [2.24, 2.45) is 5.92 Å². The molecule has 0 aliphatic carbocycles. The molecule has 28 heavy (non-hydrogen) atoms. The van der Waals surface area contributed by atoms with Crippen molar-refractivity contribution in [3.8, 4) is 11.4 Å². The number of aryl methyl sites for hydroxylation is 2. The second-order valence-corrected chi connectivity index (χ2v) is 8.62. The molecule has 0 N–H and O–H groups in total. The predicted molar refractivity (Wildman–Crippen MR) is 122 cm³/mol. The van der Waals surface area contributed by atoms with Gasteiger partial charge >= 0.3 is 0 Å². The summed E-state index contributed by atoms with van der Waals surface area (Å²) in [7, 11) is 0. The van der Waals surface area contributed by atoms with Gasteiger partial charge in [0.2, 0.25) is 0 Å². The number of unbranched alkanes of at least 4 members (excludes halogenated alkanes) is 7. The number of hydrogen-bond acceptors (Lipinski definition) is 2. The van der Waals surface area contributed by atoms with Crippen LogP contribution in [-0.4, -0.2) is 9.97 Å². The fourth-order valence-electron chi connectivity index (χ4n) is 3.62. The molecule has 1 heterocycles. The van der Waals surface area contributed by atoms with E-state index in [0.29, 0.717) is 0 Å². The zero-order valence-electron chi connectivity index (χ0n) is 18.4. The normalized spacial score (nSPS) is 11.3. The van der Waals surface area contributed by atoms with Gasteiger partial charge in [0.05, 0.1) is 0 Å². The second-order valence-electron chi connectivity index (χ2n) is 8.62. The van der Waals surface area contributed by atoms with Gasteiger partial charge < -0.3 is 0 Å². The van der Waals surface area contributed by atoms with Gasteiger partial charge in [-0.25, -0.2) is 9.97 Å². The molecule has 0 radical (unpaired) electrons. The Balaban J connectivity index is 1.72. The summed E-state index contributed by atoms with van der Waals surface area (Å²) in [5.41, 5.74) is 3.81. The monoisotopic (exact) mass is 380 g/mol. The van der Waals surface area contributed by atoms with Gasteiger partial charge in [-0.2, -0.15) is 0 Å². The van der Waals surface area contributed by atoms with E-state index in [1.54, 1.807) is 0 Å². The van der Waals surface area contributed by atoms with Gasteiger partial charge in [-0.1, -0.05) is 96.4 Å². The lowest BCUT2D eigenvalue weighted by Gasteiger charge is -2.06. The SMILES string of the molecule is CCCCCCCCc1cnc(-c2ccc(CCCCCC(C)C)cc2)nc1. The van der Waals surface area contributed by atoms with Crippen molar-refractivity contribution in [1.29, 1.82) is 0 Å². The fraction of sp³-hybridized carbons (Fsp3) is 0.615. The lowest BCUT2D eigenvalue weighted by molar-refractivity contribution is 0.527. The maximum Gasteiger partial charge on any atom is 0.159 e. The minimum Gasteiger partial charge on any atom is -0.236 e. The van der Waals surface area contributed by atoms with E-state index in [4.69, 9.17) is 0 Å². The van der Waals surface area contributed by atoms with Crippen molar-refractivity contribution in [1.82, 2.24) is 9.97 Å². The summed E-state index contributed by atoms with van der Waals surface area (Å²) in [5, 5.41) is 0. The maximum absolute atomic E-state index is 4.60. The van der Waals surface area contributed by atoms with Gasteiger partial charge in [0.15, 0.2) is 5.82 Å². The third kappa shape index (κ3) is 8.99. The molecule has 0 saturated carbocycles. The van der Waals surface area contributed by atoms with Crippen LogP contribution in [0.15, 0.2) is 36.7 Å². The summed E-state index contributed by atoms with van der Waals surface area (Å²) in [5.74, 6) is 1.67. The molecule has 2 heteroatoms. The Morgan fingerprint density at radius 3 is 1.89 bits per heavy atom. The van der Waals surface area contributed by atoms with Crippen LogP contribution in [0.2, 0.25) is 0 Å². The Kier molecular flexibility index (Phi) is 10.9. The Labute approximate surface area is 173 Å².